The van der Waals surface area contributed by atoms with Crippen LogP contribution in [0, 0.1) is 5.92 Å². The Morgan fingerprint density at radius 2 is 2.26 bits per heavy atom. The van der Waals surface area contributed by atoms with E-state index >= 15 is 0 Å². The SMILES string of the molecule is CCCC1CC1NC(=NCC1(C)CCCS1)NCC. The van der Waals surface area contributed by atoms with E-state index in [0.29, 0.717) is 10.8 Å². The zero-order valence-electron chi connectivity index (χ0n) is 12.7. The third-order valence-electron chi connectivity index (χ3n) is 4.12. The molecule has 2 rings (SSSR count). The lowest BCUT2D eigenvalue weighted by molar-refractivity contribution is 0.611. The standard InChI is InChI=1S/C15H29N3S/c1-4-7-12-10-13(12)18-14(16-5-2)17-11-15(3)8-6-9-19-15/h12-13H,4-11H2,1-3H3,(H2,16,17,18). The van der Waals surface area contributed by atoms with Gasteiger partial charge in [0, 0.05) is 17.3 Å². The second kappa shape index (κ2) is 6.87. The molecule has 3 atom stereocenters. The van der Waals surface area contributed by atoms with Crippen LogP contribution in [0.3, 0.4) is 0 Å². The van der Waals surface area contributed by atoms with Gasteiger partial charge in [-0.3, -0.25) is 4.99 Å². The van der Waals surface area contributed by atoms with Crippen LogP contribution < -0.4 is 10.6 Å². The van der Waals surface area contributed by atoms with E-state index in [1.165, 1.54) is 37.9 Å². The number of nitrogens with zero attached hydrogens (tertiary/aromatic N) is 1. The van der Waals surface area contributed by atoms with Crippen LogP contribution in [-0.2, 0) is 0 Å². The molecule has 0 aromatic heterocycles. The first-order valence-corrected chi connectivity index (χ1v) is 8.84. The van der Waals surface area contributed by atoms with Crippen LogP contribution >= 0.6 is 11.8 Å². The van der Waals surface area contributed by atoms with Gasteiger partial charge in [0.25, 0.3) is 0 Å². The molecule has 0 amide bonds. The molecular weight excluding hydrogens is 254 g/mol. The lowest BCUT2D eigenvalue weighted by Crippen LogP contribution is -2.40. The van der Waals surface area contributed by atoms with Crippen LogP contribution in [-0.4, -0.2) is 35.6 Å². The highest BCUT2D eigenvalue weighted by molar-refractivity contribution is 8.00. The molecule has 4 heteroatoms. The van der Waals surface area contributed by atoms with E-state index in [-0.39, 0.29) is 0 Å². The lowest BCUT2D eigenvalue weighted by Gasteiger charge is -2.21. The van der Waals surface area contributed by atoms with Crippen LogP contribution in [0.15, 0.2) is 4.99 Å². The maximum absolute atomic E-state index is 4.82. The first kappa shape index (κ1) is 15.0. The first-order chi connectivity index (χ1) is 9.17. The Labute approximate surface area is 122 Å². The Hall–Kier alpha value is -0.380. The van der Waals surface area contributed by atoms with Crippen molar-refractivity contribution < 1.29 is 0 Å². The molecule has 1 saturated heterocycles. The molecule has 0 aromatic rings. The zero-order chi connectivity index (χ0) is 13.7. The molecule has 19 heavy (non-hydrogen) atoms. The smallest absolute Gasteiger partial charge is 0.191 e. The molecule has 1 aliphatic carbocycles. The molecular formula is C15H29N3S. The Kier molecular flexibility index (Phi) is 5.43. The normalized spacial score (nSPS) is 34.4. The number of nitrogens with one attached hydrogen (secondary N) is 2. The largest absolute Gasteiger partial charge is 0.357 e. The number of hydrogen-bond donors (Lipinski definition) is 2. The highest BCUT2D eigenvalue weighted by Crippen LogP contribution is 2.38. The minimum atomic E-state index is 0.370. The third-order valence-corrected chi connectivity index (χ3v) is 5.64. The van der Waals surface area contributed by atoms with Gasteiger partial charge >= 0.3 is 0 Å². The Balaban J connectivity index is 1.81. The van der Waals surface area contributed by atoms with Crippen LogP contribution in [0.2, 0.25) is 0 Å². The molecule has 0 spiro atoms. The highest BCUT2D eigenvalue weighted by atomic mass is 32.2. The van der Waals surface area contributed by atoms with Crippen molar-refractivity contribution in [2.75, 3.05) is 18.8 Å². The first-order valence-electron chi connectivity index (χ1n) is 7.85. The maximum atomic E-state index is 4.82. The van der Waals surface area contributed by atoms with Crippen molar-refractivity contribution in [3.05, 3.63) is 0 Å². The van der Waals surface area contributed by atoms with E-state index in [2.05, 4.69) is 43.2 Å². The predicted octanol–water partition coefficient (Wildman–Crippen LogP) is 3.02. The fourth-order valence-electron chi connectivity index (χ4n) is 2.82. The van der Waals surface area contributed by atoms with Crippen molar-refractivity contribution in [1.29, 1.82) is 0 Å². The monoisotopic (exact) mass is 283 g/mol. The molecule has 3 nitrogen and oxygen atoms in total. The number of hydrogen-bond acceptors (Lipinski definition) is 2. The molecule has 0 radical (unpaired) electrons. The third kappa shape index (κ3) is 4.59. The van der Waals surface area contributed by atoms with E-state index in [1.807, 2.05) is 0 Å². The molecule has 0 aromatic carbocycles. The van der Waals surface area contributed by atoms with Crippen molar-refractivity contribution in [2.45, 2.75) is 63.7 Å². The summed E-state index contributed by atoms with van der Waals surface area (Å²) in [5.74, 6) is 3.21. The van der Waals surface area contributed by atoms with Crippen molar-refractivity contribution in [1.82, 2.24) is 10.6 Å². The average molecular weight is 283 g/mol. The molecule has 0 bridgehead atoms. The van der Waals surface area contributed by atoms with E-state index in [1.54, 1.807) is 0 Å². The zero-order valence-corrected chi connectivity index (χ0v) is 13.5. The highest BCUT2D eigenvalue weighted by Gasteiger charge is 2.36. The summed E-state index contributed by atoms with van der Waals surface area (Å²) in [6.07, 6.45) is 6.63. The minimum absolute atomic E-state index is 0.370. The van der Waals surface area contributed by atoms with Gasteiger partial charge in [-0.25, -0.2) is 0 Å². The van der Waals surface area contributed by atoms with Gasteiger partial charge in [0.1, 0.15) is 0 Å². The van der Waals surface area contributed by atoms with E-state index in [9.17, 15) is 0 Å². The second-order valence-corrected chi connectivity index (χ2v) is 7.81. The molecule has 1 heterocycles. The van der Waals surface area contributed by atoms with Crippen molar-refractivity contribution in [2.24, 2.45) is 10.9 Å². The van der Waals surface area contributed by atoms with Crippen LogP contribution in [0.1, 0.15) is 52.9 Å². The summed E-state index contributed by atoms with van der Waals surface area (Å²) in [6, 6.07) is 0.668. The number of rotatable bonds is 6. The Bertz CT molecular complexity index is 311. The van der Waals surface area contributed by atoms with Crippen LogP contribution in [0.5, 0.6) is 0 Å². The Morgan fingerprint density at radius 1 is 1.42 bits per heavy atom. The quantitative estimate of drug-likeness (QED) is 0.581. The van der Waals surface area contributed by atoms with Gasteiger partial charge in [-0.15, -0.1) is 0 Å². The van der Waals surface area contributed by atoms with E-state index in [4.69, 9.17) is 4.99 Å². The van der Waals surface area contributed by atoms with E-state index in [0.717, 1.165) is 25.0 Å². The number of guanidine groups is 1. The van der Waals surface area contributed by atoms with Gasteiger partial charge in [-0.2, -0.15) is 11.8 Å². The second-order valence-electron chi connectivity index (χ2n) is 6.13. The number of aliphatic imine (C=N–C) groups is 1. The summed E-state index contributed by atoms with van der Waals surface area (Å²) < 4.78 is 0.370. The summed E-state index contributed by atoms with van der Waals surface area (Å²) in [6.45, 7) is 8.65. The molecule has 2 fully saturated rings. The summed E-state index contributed by atoms with van der Waals surface area (Å²) in [5.41, 5.74) is 0. The summed E-state index contributed by atoms with van der Waals surface area (Å²) >= 11 is 2.09. The van der Waals surface area contributed by atoms with Gasteiger partial charge in [0.05, 0.1) is 6.54 Å². The van der Waals surface area contributed by atoms with Crippen LogP contribution in [0.4, 0.5) is 0 Å². The molecule has 2 aliphatic rings. The van der Waals surface area contributed by atoms with Crippen molar-refractivity contribution in [3.63, 3.8) is 0 Å². The molecule has 3 unspecified atom stereocenters. The summed E-state index contributed by atoms with van der Waals surface area (Å²) in [5, 5.41) is 6.98. The Morgan fingerprint density at radius 3 is 2.89 bits per heavy atom. The van der Waals surface area contributed by atoms with Gasteiger partial charge < -0.3 is 10.6 Å². The maximum Gasteiger partial charge on any atom is 0.191 e. The van der Waals surface area contributed by atoms with Gasteiger partial charge in [0.15, 0.2) is 5.96 Å². The fourth-order valence-corrected chi connectivity index (χ4v) is 4.04. The predicted molar refractivity (Wildman–Crippen MR) is 86.0 cm³/mol. The topological polar surface area (TPSA) is 36.4 Å². The summed E-state index contributed by atoms with van der Waals surface area (Å²) in [4.78, 5) is 4.82. The molecule has 2 N–H and O–H groups in total. The number of thioether (sulfide) groups is 1. The van der Waals surface area contributed by atoms with Gasteiger partial charge in [-0.05, 0) is 51.2 Å². The van der Waals surface area contributed by atoms with Crippen molar-refractivity contribution >= 4 is 17.7 Å². The molecule has 1 saturated carbocycles. The summed E-state index contributed by atoms with van der Waals surface area (Å²) in [7, 11) is 0. The molecule has 1 aliphatic heterocycles. The van der Waals surface area contributed by atoms with Gasteiger partial charge in [-0.1, -0.05) is 13.3 Å². The van der Waals surface area contributed by atoms with E-state index < -0.39 is 0 Å². The van der Waals surface area contributed by atoms with Crippen molar-refractivity contribution in [3.8, 4) is 0 Å². The van der Waals surface area contributed by atoms with Gasteiger partial charge in [0.2, 0.25) is 0 Å². The lowest BCUT2D eigenvalue weighted by atomic mass is 10.1. The average Bonchev–Trinajstić information content (AvgIpc) is 2.95. The minimum Gasteiger partial charge on any atom is -0.357 e. The molecule has 110 valence electrons. The fraction of sp³-hybridized carbons (Fsp3) is 0.933. The van der Waals surface area contributed by atoms with Crippen LogP contribution in [0.25, 0.3) is 0 Å².